The van der Waals surface area contributed by atoms with Crippen LogP contribution in [0.15, 0.2) is 72.8 Å². The van der Waals surface area contributed by atoms with Crippen LogP contribution in [-0.4, -0.2) is 61.4 Å². The van der Waals surface area contributed by atoms with E-state index in [0.29, 0.717) is 25.2 Å². The topological polar surface area (TPSA) is 53.1 Å². The summed E-state index contributed by atoms with van der Waals surface area (Å²) in [5.41, 5.74) is 4.91. The molecule has 0 bridgehead atoms. The SMILES string of the molecule is COc1ccccc1N1CCN(C(=O)[C@@H]2c3ccccc3C(=O)N3CCc4ccccc4[C@@H]23)CC1. The minimum Gasteiger partial charge on any atom is -0.495 e. The lowest BCUT2D eigenvalue weighted by molar-refractivity contribution is -0.135. The van der Waals surface area contributed by atoms with Gasteiger partial charge in [-0.25, -0.2) is 0 Å². The van der Waals surface area contributed by atoms with Gasteiger partial charge in [-0.2, -0.15) is 0 Å². The van der Waals surface area contributed by atoms with Crippen molar-refractivity contribution in [3.63, 3.8) is 0 Å². The zero-order chi connectivity index (χ0) is 23.9. The molecule has 2 atom stereocenters. The number of fused-ring (bicyclic) bond motifs is 4. The average molecular weight is 468 g/mol. The number of piperazine rings is 1. The normalized spacial score (nSPS) is 21.2. The number of methoxy groups -OCH3 is 1. The zero-order valence-electron chi connectivity index (χ0n) is 19.9. The van der Waals surface area contributed by atoms with Gasteiger partial charge in [0.1, 0.15) is 5.75 Å². The van der Waals surface area contributed by atoms with Gasteiger partial charge in [-0.15, -0.1) is 0 Å². The molecule has 0 saturated carbocycles. The summed E-state index contributed by atoms with van der Waals surface area (Å²) < 4.78 is 5.55. The summed E-state index contributed by atoms with van der Waals surface area (Å²) in [5.74, 6) is 0.589. The summed E-state index contributed by atoms with van der Waals surface area (Å²) in [6.07, 6.45) is 0.819. The molecule has 6 rings (SSSR count). The van der Waals surface area contributed by atoms with Gasteiger partial charge in [0, 0.05) is 38.3 Å². The first-order chi connectivity index (χ1) is 17.2. The van der Waals surface area contributed by atoms with Gasteiger partial charge in [0.2, 0.25) is 5.91 Å². The molecule has 0 aromatic heterocycles. The van der Waals surface area contributed by atoms with Crippen LogP contribution in [0.5, 0.6) is 5.75 Å². The third-order valence-corrected chi connectivity index (χ3v) is 7.72. The number of hydrogen-bond acceptors (Lipinski definition) is 4. The van der Waals surface area contributed by atoms with E-state index in [9.17, 15) is 9.59 Å². The maximum Gasteiger partial charge on any atom is 0.254 e. The smallest absolute Gasteiger partial charge is 0.254 e. The van der Waals surface area contributed by atoms with Crippen LogP contribution in [0.3, 0.4) is 0 Å². The van der Waals surface area contributed by atoms with Crippen LogP contribution < -0.4 is 9.64 Å². The summed E-state index contributed by atoms with van der Waals surface area (Å²) >= 11 is 0. The summed E-state index contributed by atoms with van der Waals surface area (Å²) in [6, 6.07) is 23.7. The van der Waals surface area contributed by atoms with E-state index in [1.807, 2.05) is 64.4 Å². The molecular formula is C29H29N3O3. The molecule has 6 nitrogen and oxygen atoms in total. The molecule has 0 aliphatic carbocycles. The van der Waals surface area contributed by atoms with Gasteiger partial charge >= 0.3 is 0 Å². The number of para-hydroxylation sites is 2. The molecule has 0 N–H and O–H groups in total. The lowest BCUT2D eigenvalue weighted by atomic mass is 9.75. The highest BCUT2D eigenvalue weighted by Gasteiger charge is 2.47. The van der Waals surface area contributed by atoms with Crippen molar-refractivity contribution in [2.75, 3.05) is 44.7 Å². The number of carbonyl (C=O) groups is 2. The predicted molar refractivity (Wildman–Crippen MR) is 135 cm³/mol. The van der Waals surface area contributed by atoms with E-state index in [0.717, 1.165) is 42.1 Å². The van der Waals surface area contributed by atoms with Crippen LogP contribution >= 0.6 is 0 Å². The summed E-state index contributed by atoms with van der Waals surface area (Å²) in [6.45, 7) is 3.39. The van der Waals surface area contributed by atoms with Gasteiger partial charge in [0.25, 0.3) is 5.91 Å². The predicted octanol–water partition coefficient (Wildman–Crippen LogP) is 3.88. The molecule has 3 heterocycles. The molecule has 1 fully saturated rings. The average Bonchev–Trinajstić information content (AvgIpc) is 2.93. The fraction of sp³-hybridized carbons (Fsp3) is 0.310. The lowest BCUT2D eigenvalue weighted by Gasteiger charge is -2.47. The molecule has 2 amide bonds. The van der Waals surface area contributed by atoms with Crippen molar-refractivity contribution < 1.29 is 14.3 Å². The molecule has 0 unspecified atom stereocenters. The van der Waals surface area contributed by atoms with Gasteiger partial charge in [0.05, 0.1) is 24.8 Å². The quantitative estimate of drug-likeness (QED) is 0.587. The highest BCUT2D eigenvalue weighted by atomic mass is 16.5. The second kappa shape index (κ2) is 8.77. The number of carbonyl (C=O) groups excluding carboxylic acids is 2. The van der Waals surface area contributed by atoms with Crippen molar-refractivity contribution in [2.24, 2.45) is 0 Å². The van der Waals surface area contributed by atoms with Gasteiger partial charge < -0.3 is 19.4 Å². The van der Waals surface area contributed by atoms with E-state index in [-0.39, 0.29) is 17.9 Å². The lowest BCUT2D eigenvalue weighted by Crippen LogP contribution is -2.54. The summed E-state index contributed by atoms with van der Waals surface area (Å²) in [7, 11) is 1.69. The van der Waals surface area contributed by atoms with Crippen LogP contribution in [0.25, 0.3) is 0 Å². The number of benzene rings is 3. The summed E-state index contributed by atoms with van der Waals surface area (Å²) in [5, 5.41) is 0. The Morgan fingerprint density at radius 2 is 1.51 bits per heavy atom. The molecule has 3 aromatic carbocycles. The molecule has 35 heavy (non-hydrogen) atoms. The van der Waals surface area contributed by atoms with E-state index < -0.39 is 5.92 Å². The van der Waals surface area contributed by atoms with E-state index in [2.05, 4.69) is 23.1 Å². The molecule has 3 aliphatic heterocycles. The summed E-state index contributed by atoms with van der Waals surface area (Å²) in [4.78, 5) is 33.8. The zero-order valence-corrected chi connectivity index (χ0v) is 19.9. The van der Waals surface area contributed by atoms with Gasteiger partial charge in [-0.1, -0.05) is 54.6 Å². The number of anilines is 1. The number of amides is 2. The second-order valence-corrected chi connectivity index (χ2v) is 9.44. The number of rotatable bonds is 3. The Morgan fingerprint density at radius 3 is 2.31 bits per heavy atom. The first-order valence-electron chi connectivity index (χ1n) is 12.3. The Bertz CT molecular complexity index is 1280. The van der Waals surface area contributed by atoms with Crippen molar-refractivity contribution in [3.8, 4) is 5.75 Å². The maximum absolute atomic E-state index is 14.2. The molecule has 0 spiro atoms. The van der Waals surface area contributed by atoms with E-state index in [1.165, 1.54) is 5.56 Å². The van der Waals surface area contributed by atoms with Crippen LogP contribution in [0.4, 0.5) is 5.69 Å². The van der Waals surface area contributed by atoms with Crippen LogP contribution in [0, 0.1) is 0 Å². The molecule has 178 valence electrons. The minimum absolute atomic E-state index is 0.0325. The first kappa shape index (κ1) is 21.7. The minimum atomic E-state index is -0.400. The number of hydrogen-bond donors (Lipinski definition) is 0. The highest BCUT2D eigenvalue weighted by Crippen LogP contribution is 2.46. The standard InChI is InChI=1S/C29H29N3O3/c1-35-25-13-7-6-12-24(25)30-16-18-31(19-17-30)29(34)26-22-10-4-5-11-23(22)28(33)32-15-14-20-8-2-3-9-21(20)27(26)32/h2-13,26-27H,14-19H2,1H3/t26-,27+/m1/s1. The Morgan fingerprint density at radius 1 is 0.829 bits per heavy atom. The Kier molecular flexibility index (Phi) is 5.44. The highest BCUT2D eigenvalue weighted by molar-refractivity contribution is 6.01. The molecular weight excluding hydrogens is 438 g/mol. The van der Waals surface area contributed by atoms with Crippen molar-refractivity contribution in [3.05, 3.63) is 95.1 Å². The first-order valence-corrected chi connectivity index (χ1v) is 12.3. The van der Waals surface area contributed by atoms with Crippen LogP contribution in [0.1, 0.15) is 39.0 Å². The number of nitrogens with zero attached hydrogens (tertiary/aromatic N) is 3. The van der Waals surface area contributed by atoms with E-state index in [4.69, 9.17) is 4.74 Å². The van der Waals surface area contributed by atoms with Crippen molar-refractivity contribution in [1.82, 2.24) is 9.80 Å². The van der Waals surface area contributed by atoms with Crippen molar-refractivity contribution in [2.45, 2.75) is 18.4 Å². The Balaban J connectivity index is 1.32. The van der Waals surface area contributed by atoms with E-state index in [1.54, 1.807) is 7.11 Å². The van der Waals surface area contributed by atoms with Crippen LogP contribution in [-0.2, 0) is 11.2 Å². The monoisotopic (exact) mass is 467 g/mol. The van der Waals surface area contributed by atoms with Crippen LogP contribution in [0.2, 0.25) is 0 Å². The van der Waals surface area contributed by atoms with Crippen molar-refractivity contribution >= 4 is 17.5 Å². The van der Waals surface area contributed by atoms with Gasteiger partial charge in [-0.05, 0) is 41.3 Å². The molecule has 3 aromatic rings. The Hall–Kier alpha value is -3.80. The number of ether oxygens (including phenoxy) is 1. The second-order valence-electron chi connectivity index (χ2n) is 9.44. The molecule has 0 radical (unpaired) electrons. The largest absolute Gasteiger partial charge is 0.495 e. The third-order valence-electron chi connectivity index (χ3n) is 7.72. The fourth-order valence-electron chi connectivity index (χ4n) is 6.00. The molecule has 6 heteroatoms. The van der Waals surface area contributed by atoms with E-state index >= 15 is 0 Å². The van der Waals surface area contributed by atoms with Crippen molar-refractivity contribution in [1.29, 1.82) is 0 Å². The van der Waals surface area contributed by atoms with Gasteiger partial charge in [0.15, 0.2) is 0 Å². The molecule has 1 saturated heterocycles. The molecule has 3 aliphatic rings. The van der Waals surface area contributed by atoms with Gasteiger partial charge in [-0.3, -0.25) is 9.59 Å². The maximum atomic E-state index is 14.2. The fourth-order valence-corrected chi connectivity index (χ4v) is 6.00. The third kappa shape index (κ3) is 3.55. The Labute approximate surface area is 205 Å².